The lowest BCUT2D eigenvalue weighted by atomic mass is 10.1. The average molecular weight is 341 g/mol. The van der Waals surface area contributed by atoms with Gasteiger partial charge in [0, 0.05) is 12.7 Å². The van der Waals surface area contributed by atoms with Crippen molar-refractivity contribution in [3.8, 4) is 0 Å². The average Bonchev–Trinajstić information content (AvgIpc) is 2.61. The summed E-state index contributed by atoms with van der Waals surface area (Å²) in [5.41, 5.74) is 1.12. The maximum atomic E-state index is 12.4. The van der Waals surface area contributed by atoms with Gasteiger partial charge in [0.1, 0.15) is 5.82 Å². The van der Waals surface area contributed by atoms with Crippen LogP contribution in [0.25, 0.3) is 0 Å². The molecule has 132 valence electrons. The minimum Gasteiger partial charge on any atom is -0.465 e. The van der Waals surface area contributed by atoms with Crippen LogP contribution in [0.2, 0.25) is 0 Å². The molecule has 25 heavy (non-hydrogen) atoms. The predicted molar refractivity (Wildman–Crippen MR) is 97.9 cm³/mol. The van der Waals surface area contributed by atoms with Crippen molar-refractivity contribution >= 4 is 23.4 Å². The van der Waals surface area contributed by atoms with E-state index in [-0.39, 0.29) is 5.91 Å². The Labute approximate surface area is 147 Å². The highest BCUT2D eigenvalue weighted by Gasteiger charge is 2.14. The third-order valence-electron chi connectivity index (χ3n) is 3.63. The number of methoxy groups -OCH3 is 1. The number of carbonyl (C=O) groups is 2. The molecule has 0 radical (unpaired) electrons. The molecule has 0 aliphatic rings. The molecule has 2 N–H and O–H groups in total. The normalized spacial score (nSPS) is 10.4. The van der Waals surface area contributed by atoms with Crippen molar-refractivity contribution in [2.75, 3.05) is 24.3 Å². The predicted octanol–water partition coefficient (Wildman–Crippen LogP) is 3.58. The first-order chi connectivity index (χ1) is 12.0. The maximum Gasteiger partial charge on any atom is 0.339 e. The molecule has 2 aromatic rings. The molecular weight excluding hydrogens is 318 g/mol. The lowest BCUT2D eigenvalue weighted by Gasteiger charge is -2.10. The number of hydrogen-bond donors (Lipinski definition) is 2. The summed E-state index contributed by atoms with van der Waals surface area (Å²) < 4.78 is 4.72. The van der Waals surface area contributed by atoms with E-state index in [4.69, 9.17) is 4.74 Å². The van der Waals surface area contributed by atoms with Crippen LogP contribution in [0.4, 0.5) is 11.5 Å². The minimum absolute atomic E-state index is 0.304. The van der Waals surface area contributed by atoms with Gasteiger partial charge in [-0.1, -0.05) is 26.0 Å². The fourth-order valence-corrected chi connectivity index (χ4v) is 2.20. The monoisotopic (exact) mass is 341 g/mol. The van der Waals surface area contributed by atoms with Crippen LogP contribution in [0.1, 0.15) is 41.0 Å². The SMILES string of the molecule is COC(=O)c1ccccc1NC(=O)c1ccc(NCCC(C)C)nc1. The van der Waals surface area contributed by atoms with Crippen molar-refractivity contribution in [3.05, 3.63) is 53.7 Å². The zero-order valence-corrected chi connectivity index (χ0v) is 14.7. The van der Waals surface area contributed by atoms with Gasteiger partial charge in [-0.25, -0.2) is 9.78 Å². The maximum absolute atomic E-state index is 12.4. The Morgan fingerprint density at radius 2 is 1.92 bits per heavy atom. The van der Waals surface area contributed by atoms with E-state index >= 15 is 0 Å². The lowest BCUT2D eigenvalue weighted by molar-refractivity contribution is 0.0602. The van der Waals surface area contributed by atoms with Gasteiger partial charge in [-0.15, -0.1) is 0 Å². The van der Waals surface area contributed by atoms with Crippen LogP contribution in [0, 0.1) is 5.92 Å². The van der Waals surface area contributed by atoms with E-state index < -0.39 is 5.97 Å². The summed E-state index contributed by atoms with van der Waals surface area (Å²) in [5, 5.41) is 5.94. The van der Waals surface area contributed by atoms with Crippen LogP contribution in [0.3, 0.4) is 0 Å². The molecular formula is C19H23N3O3. The van der Waals surface area contributed by atoms with Gasteiger partial charge < -0.3 is 15.4 Å². The number of aromatic nitrogens is 1. The molecule has 0 aliphatic heterocycles. The van der Waals surface area contributed by atoms with Gasteiger partial charge in [0.25, 0.3) is 5.91 Å². The molecule has 0 saturated carbocycles. The molecule has 0 aliphatic carbocycles. The van der Waals surface area contributed by atoms with E-state index in [1.807, 2.05) is 0 Å². The van der Waals surface area contributed by atoms with Gasteiger partial charge in [0.15, 0.2) is 0 Å². The number of amides is 1. The molecule has 1 amide bonds. The molecule has 0 unspecified atom stereocenters. The Hall–Kier alpha value is -2.89. The van der Waals surface area contributed by atoms with Crippen molar-refractivity contribution in [1.82, 2.24) is 4.98 Å². The molecule has 6 nitrogen and oxygen atoms in total. The number of hydrogen-bond acceptors (Lipinski definition) is 5. The number of benzene rings is 1. The number of nitrogens with zero attached hydrogens (tertiary/aromatic N) is 1. The molecule has 1 aromatic carbocycles. The topological polar surface area (TPSA) is 80.3 Å². The Kier molecular flexibility index (Phi) is 6.51. The molecule has 1 heterocycles. The lowest BCUT2D eigenvalue weighted by Crippen LogP contribution is -2.16. The van der Waals surface area contributed by atoms with E-state index in [0.717, 1.165) is 18.8 Å². The number of ether oxygens (including phenoxy) is 1. The highest BCUT2D eigenvalue weighted by molar-refractivity contribution is 6.07. The second-order valence-corrected chi connectivity index (χ2v) is 6.03. The number of anilines is 2. The number of esters is 1. The summed E-state index contributed by atoms with van der Waals surface area (Å²) in [7, 11) is 1.30. The Bertz CT molecular complexity index is 727. The highest BCUT2D eigenvalue weighted by Crippen LogP contribution is 2.17. The molecule has 0 fully saturated rings. The summed E-state index contributed by atoms with van der Waals surface area (Å²) in [6.45, 7) is 5.16. The largest absolute Gasteiger partial charge is 0.465 e. The Morgan fingerprint density at radius 1 is 1.16 bits per heavy atom. The summed E-state index contributed by atoms with van der Waals surface area (Å²) in [5.74, 6) is 0.510. The van der Waals surface area contributed by atoms with E-state index in [0.29, 0.717) is 22.7 Å². The van der Waals surface area contributed by atoms with Crippen molar-refractivity contribution in [2.24, 2.45) is 5.92 Å². The minimum atomic E-state index is -0.501. The van der Waals surface area contributed by atoms with E-state index in [2.05, 4.69) is 29.5 Å². The molecule has 0 saturated heterocycles. The van der Waals surface area contributed by atoms with Gasteiger partial charge >= 0.3 is 5.97 Å². The van der Waals surface area contributed by atoms with Crippen molar-refractivity contribution < 1.29 is 14.3 Å². The van der Waals surface area contributed by atoms with Crippen LogP contribution < -0.4 is 10.6 Å². The summed E-state index contributed by atoms with van der Waals surface area (Å²) in [6.07, 6.45) is 2.56. The van der Waals surface area contributed by atoms with Gasteiger partial charge in [-0.05, 0) is 36.6 Å². The fourth-order valence-electron chi connectivity index (χ4n) is 2.20. The zero-order chi connectivity index (χ0) is 18.2. The molecule has 0 spiro atoms. The summed E-state index contributed by atoms with van der Waals surface area (Å²) >= 11 is 0. The number of carbonyl (C=O) groups excluding carboxylic acids is 2. The molecule has 0 atom stereocenters. The molecule has 0 bridgehead atoms. The second kappa shape index (κ2) is 8.82. The van der Waals surface area contributed by atoms with Gasteiger partial charge in [0.05, 0.1) is 23.9 Å². The second-order valence-electron chi connectivity index (χ2n) is 6.03. The number of pyridine rings is 1. The smallest absolute Gasteiger partial charge is 0.339 e. The van der Waals surface area contributed by atoms with Crippen molar-refractivity contribution in [3.63, 3.8) is 0 Å². The molecule has 2 rings (SSSR count). The number of nitrogens with one attached hydrogen (secondary N) is 2. The number of para-hydroxylation sites is 1. The third kappa shape index (κ3) is 5.31. The number of rotatable bonds is 7. The first kappa shape index (κ1) is 18.4. The Morgan fingerprint density at radius 3 is 2.56 bits per heavy atom. The molecule has 1 aromatic heterocycles. The van der Waals surface area contributed by atoms with Crippen LogP contribution in [0.15, 0.2) is 42.6 Å². The van der Waals surface area contributed by atoms with Crippen LogP contribution in [-0.4, -0.2) is 30.5 Å². The summed E-state index contributed by atoms with van der Waals surface area (Å²) in [6, 6.07) is 10.2. The highest BCUT2D eigenvalue weighted by atomic mass is 16.5. The van der Waals surface area contributed by atoms with E-state index in [1.54, 1.807) is 36.4 Å². The fraction of sp³-hybridized carbons (Fsp3) is 0.316. The van der Waals surface area contributed by atoms with E-state index in [9.17, 15) is 9.59 Å². The molecule has 6 heteroatoms. The third-order valence-corrected chi connectivity index (χ3v) is 3.63. The first-order valence-electron chi connectivity index (χ1n) is 8.20. The first-order valence-corrected chi connectivity index (χ1v) is 8.20. The van der Waals surface area contributed by atoms with Crippen LogP contribution >= 0.6 is 0 Å². The van der Waals surface area contributed by atoms with Crippen LogP contribution in [-0.2, 0) is 4.74 Å². The summed E-state index contributed by atoms with van der Waals surface area (Å²) in [4.78, 5) is 28.4. The van der Waals surface area contributed by atoms with E-state index in [1.165, 1.54) is 13.3 Å². The van der Waals surface area contributed by atoms with Crippen molar-refractivity contribution in [1.29, 1.82) is 0 Å². The standard InChI is InChI=1S/C19H23N3O3/c1-13(2)10-11-20-17-9-8-14(12-21-17)18(23)22-16-7-5-4-6-15(16)19(24)25-3/h4-9,12-13H,10-11H2,1-3H3,(H,20,21)(H,22,23). The van der Waals surface area contributed by atoms with Gasteiger partial charge in [-0.2, -0.15) is 0 Å². The van der Waals surface area contributed by atoms with Gasteiger partial charge in [-0.3, -0.25) is 4.79 Å². The van der Waals surface area contributed by atoms with Crippen LogP contribution in [0.5, 0.6) is 0 Å². The quantitative estimate of drug-likeness (QED) is 0.753. The van der Waals surface area contributed by atoms with Crippen molar-refractivity contribution in [2.45, 2.75) is 20.3 Å². The van der Waals surface area contributed by atoms with Gasteiger partial charge in [0.2, 0.25) is 0 Å². The zero-order valence-electron chi connectivity index (χ0n) is 14.7. The Balaban J connectivity index is 2.03.